The van der Waals surface area contributed by atoms with Gasteiger partial charge in [0.2, 0.25) is 0 Å². The maximum Gasteiger partial charge on any atom is 0.0605 e. The van der Waals surface area contributed by atoms with Gasteiger partial charge in [-0.25, -0.2) is 0 Å². The lowest BCUT2D eigenvalue weighted by Crippen LogP contribution is -2.42. The lowest BCUT2D eigenvalue weighted by Gasteiger charge is -2.37. The van der Waals surface area contributed by atoms with Gasteiger partial charge < -0.3 is 10.2 Å². The van der Waals surface area contributed by atoms with Gasteiger partial charge in [0.05, 0.1) is 11.4 Å². The summed E-state index contributed by atoms with van der Waals surface area (Å²) >= 11 is 0. The fourth-order valence-corrected chi connectivity index (χ4v) is 2.53. The van der Waals surface area contributed by atoms with Crippen LogP contribution >= 0.6 is 0 Å². The number of anilines is 2. The third-order valence-electron chi connectivity index (χ3n) is 3.59. The van der Waals surface area contributed by atoms with Crippen molar-refractivity contribution in [2.24, 2.45) is 0 Å². The van der Waals surface area contributed by atoms with Crippen molar-refractivity contribution in [1.82, 2.24) is 0 Å². The second-order valence-electron chi connectivity index (χ2n) is 5.00. The Morgan fingerprint density at radius 2 is 2.06 bits per heavy atom. The van der Waals surface area contributed by atoms with Gasteiger partial charge in [0.15, 0.2) is 0 Å². The Hall–Kier alpha value is -1.18. The molecule has 0 saturated carbocycles. The number of nitrogens with one attached hydrogen (secondary N) is 1. The number of hydrogen-bond donors (Lipinski definition) is 1. The molecule has 0 aromatic heterocycles. The van der Waals surface area contributed by atoms with E-state index < -0.39 is 0 Å². The molecule has 1 aliphatic rings. The molecule has 2 rings (SSSR count). The number of benzene rings is 1. The number of hydrogen-bond acceptors (Lipinski definition) is 2. The summed E-state index contributed by atoms with van der Waals surface area (Å²) in [7, 11) is 0. The van der Waals surface area contributed by atoms with Crippen molar-refractivity contribution >= 4 is 11.4 Å². The van der Waals surface area contributed by atoms with Crippen LogP contribution in [0.2, 0.25) is 0 Å². The summed E-state index contributed by atoms with van der Waals surface area (Å²) in [5.41, 5.74) is 2.67. The van der Waals surface area contributed by atoms with Crippen molar-refractivity contribution in [3.8, 4) is 0 Å². The van der Waals surface area contributed by atoms with Crippen molar-refractivity contribution in [1.29, 1.82) is 0 Å². The van der Waals surface area contributed by atoms with Crippen molar-refractivity contribution in [2.45, 2.75) is 45.6 Å². The summed E-state index contributed by atoms with van der Waals surface area (Å²) in [6.45, 7) is 6.83. The predicted molar refractivity (Wildman–Crippen MR) is 75.9 cm³/mol. The van der Waals surface area contributed by atoms with Gasteiger partial charge >= 0.3 is 0 Å². The van der Waals surface area contributed by atoms with Crippen LogP contribution in [0.4, 0.5) is 11.4 Å². The molecule has 0 bridgehead atoms. The van der Waals surface area contributed by atoms with Crippen LogP contribution in [-0.2, 0) is 0 Å². The number of fused-ring (bicyclic) bond motifs is 1. The lowest BCUT2D eigenvalue weighted by molar-refractivity contribution is 0.590. The molecule has 0 aliphatic carbocycles. The molecule has 0 radical (unpaired) electrons. The molecule has 17 heavy (non-hydrogen) atoms. The quantitative estimate of drug-likeness (QED) is 0.775. The predicted octanol–water partition coefficient (Wildman–Crippen LogP) is 3.89. The molecule has 2 heteroatoms. The molecular weight excluding hydrogens is 208 g/mol. The van der Waals surface area contributed by atoms with Crippen molar-refractivity contribution in [2.75, 3.05) is 23.3 Å². The molecule has 1 N–H and O–H groups in total. The number of para-hydroxylation sites is 2. The lowest BCUT2D eigenvalue weighted by atomic mass is 10.1. The highest BCUT2D eigenvalue weighted by atomic mass is 15.2. The van der Waals surface area contributed by atoms with Crippen molar-refractivity contribution in [3.63, 3.8) is 0 Å². The van der Waals surface area contributed by atoms with Crippen LogP contribution in [0, 0.1) is 0 Å². The molecule has 94 valence electrons. The Balaban J connectivity index is 2.00. The van der Waals surface area contributed by atoms with E-state index in [9.17, 15) is 0 Å². The van der Waals surface area contributed by atoms with Crippen LogP contribution in [0.15, 0.2) is 24.3 Å². The monoisotopic (exact) mass is 232 g/mol. The SMILES string of the molecule is CCCCCCN1c2ccccc2NCC1C. The molecular formula is C15H24N2. The first-order valence-corrected chi connectivity index (χ1v) is 6.92. The number of unbranched alkanes of at least 4 members (excludes halogenated alkanes) is 3. The van der Waals surface area contributed by atoms with E-state index in [1.54, 1.807) is 0 Å². The van der Waals surface area contributed by atoms with E-state index in [1.807, 2.05) is 0 Å². The summed E-state index contributed by atoms with van der Waals surface area (Å²) in [4.78, 5) is 2.56. The minimum absolute atomic E-state index is 0.603. The Bertz CT molecular complexity index is 349. The molecule has 0 saturated heterocycles. The van der Waals surface area contributed by atoms with E-state index in [0.29, 0.717) is 6.04 Å². The first kappa shape index (κ1) is 12.3. The van der Waals surface area contributed by atoms with Crippen LogP contribution in [0.5, 0.6) is 0 Å². The standard InChI is InChI=1S/C15H24N2/c1-3-4-5-8-11-17-13(2)12-16-14-9-6-7-10-15(14)17/h6-7,9-10,13,16H,3-5,8,11-12H2,1-2H3. The minimum Gasteiger partial charge on any atom is -0.381 e. The van der Waals surface area contributed by atoms with Crippen molar-refractivity contribution in [3.05, 3.63) is 24.3 Å². The molecule has 1 aromatic rings. The van der Waals surface area contributed by atoms with Gasteiger partial charge in [-0.1, -0.05) is 38.3 Å². The van der Waals surface area contributed by atoms with Gasteiger partial charge in [-0.15, -0.1) is 0 Å². The van der Waals surface area contributed by atoms with E-state index in [4.69, 9.17) is 0 Å². The molecule has 1 unspecified atom stereocenters. The fourth-order valence-electron chi connectivity index (χ4n) is 2.53. The molecule has 2 nitrogen and oxygen atoms in total. The van der Waals surface area contributed by atoms with Gasteiger partial charge in [0, 0.05) is 19.1 Å². The highest BCUT2D eigenvalue weighted by molar-refractivity contribution is 5.72. The average Bonchev–Trinajstić information content (AvgIpc) is 2.37. The molecule has 1 aromatic carbocycles. The highest BCUT2D eigenvalue weighted by Gasteiger charge is 2.21. The van der Waals surface area contributed by atoms with Gasteiger partial charge in [-0.3, -0.25) is 0 Å². The molecule has 0 amide bonds. The van der Waals surface area contributed by atoms with E-state index >= 15 is 0 Å². The second kappa shape index (κ2) is 5.95. The second-order valence-corrected chi connectivity index (χ2v) is 5.00. The van der Waals surface area contributed by atoms with E-state index in [2.05, 4.69) is 48.3 Å². The van der Waals surface area contributed by atoms with E-state index in [1.165, 1.54) is 43.6 Å². The normalized spacial score (nSPS) is 18.7. The zero-order chi connectivity index (χ0) is 12.1. The largest absolute Gasteiger partial charge is 0.381 e. The van der Waals surface area contributed by atoms with Crippen LogP contribution in [0.3, 0.4) is 0 Å². The molecule has 1 heterocycles. The summed E-state index contributed by atoms with van der Waals surface area (Å²) < 4.78 is 0. The molecule has 1 aliphatic heterocycles. The Morgan fingerprint density at radius 3 is 2.88 bits per heavy atom. The summed E-state index contributed by atoms with van der Waals surface area (Å²) in [5, 5.41) is 3.50. The fraction of sp³-hybridized carbons (Fsp3) is 0.600. The number of nitrogens with zero attached hydrogens (tertiary/aromatic N) is 1. The summed E-state index contributed by atoms with van der Waals surface area (Å²) in [6, 6.07) is 9.26. The summed E-state index contributed by atoms with van der Waals surface area (Å²) in [5.74, 6) is 0. The maximum atomic E-state index is 3.50. The Kier molecular flexibility index (Phi) is 4.29. The first-order valence-electron chi connectivity index (χ1n) is 6.92. The third kappa shape index (κ3) is 2.93. The molecule has 0 spiro atoms. The summed E-state index contributed by atoms with van der Waals surface area (Å²) in [6.07, 6.45) is 5.34. The molecule has 1 atom stereocenters. The van der Waals surface area contributed by atoms with Crippen LogP contribution < -0.4 is 10.2 Å². The zero-order valence-corrected chi connectivity index (χ0v) is 11.1. The Labute approximate surface area is 105 Å². The van der Waals surface area contributed by atoms with Gasteiger partial charge in [-0.05, 0) is 25.5 Å². The zero-order valence-electron chi connectivity index (χ0n) is 11.1. The first-order chi connectivity index (χ1) is 8.33. The highest BCUT2D eigenvalue weighted by Crippen LogP contribution is 2.31. The Morgan fingerprint density at radius 1 is 1.24 bits per heavy atom. The van der Waals surface area contributed by atoms with Crippen LogP contribution in [-0.4, -0.2) is 19.1 Å². The minimum atomic E-state index is 0.603. The van der Waals surface area contributed by atoms with Crippen molar-refractivity contribution < 1.29 is 0 Å². The van der Waals surface area contributed by atoms with Gasteiger partial charge in [0.1, 0.15) is 0 Å². The van der Waals surface area contributed by atoms with E-state index in [0.717, 1.165) is 6.54 Å². The smallest absolute Gasteiger partial charge is 0.0605 e. The van der Waals surface area contributed by atoms with Gasteiger partial charge in [-0.2, -0.15) is 0 Å². The number of rotatable bonds is 5. The van der Waals surface area contributed by atoms with E-state index in [-0.39, 0.29) is 0 Å². The third-order valence-corrected chi connectivity index (χ3v) is 3.59. The topological polar surface area (TPSA) is 15.3 Å². The average molecular weight is 232 g/mol. The van der Waals surface area contributed by atoms with Crippen LogP contribution in [0.25, 0.3) is 0 Å². The van der Waals surface area contributed by atoms with Gasteiger partial charge in [0.25, 0.3) is 0 Å². The maximum absolute atomic E-state index is 3.50. The van der Waals surface area contributed by atoms with Crippen LogP contribution in [0.1, 0.15) is 39.5 Å². The molecule has 0 fully saturated rings.